The monoisotopic (exact) mass is 393 g/mol. The van der Waals surface area contributed by atoms with Crippen LogP contribution in [-0.2, 0) is 9.53 Å². The molecule has 1 heterocycles. The summed E-state index contributed by atoms with van der Waals surface area (Å²) in [5.74, 6) is 0.214. The van der Waals surface area contributed by atoms with E-state index < -0.39 is 0 Å². The molecule has 1 saturated heterocycles. The molecule has 1 aromatic rings. The van der Waals surface area contributed by atoms with Gasteiger partial charge in [0, 0.05) is 18.8 Å². The summed E-state index contributed by atoms with van der Waals surface area (Å²) in [4.78, 5) is 11.8. The highest BCUT2D eigenvalue weighted by Gasteiger charge is 2.20. The number of carbonyl (C=O) groups is 1. The molecule has 0 aromatic heterocycles. The Morgan fingerprint density at radius 2 is 2.00 bits per heavy atom. The molecule has 0 radical (unpaired) electrons. The largest absolute Gasteiger partial charge is 0.380 e. The molecule has 1 saturated carbocycles. The van der Waals surface area contributed by atoms with Gasteiger partial charge in [-0.05, 0) is 56.3 Å². The molecule has 0 spiro atoms. The lowest BCUT2D eigenvalue weighted by Gasteiger charge is -2.13. The Hall–Kier alpha value is -1.08. The van der Waals surface area contributed by atoms with Crippen molar-refractivity contribution in [2.45, 2.75) is 31.8 Å². The summed E-state index contributed by atoms with van der Waals surface area (Å²) in [5.41, 5.74) is 0.911. The van der Waals surface area contributed by atoms with Gasteiger partial charge in [-0.15, -0.1) is 24.8 Å². The third kappa shape index (κ3) is 7.36. The molecule has 25 heavy (non-hydrogen) atoms. The van der Waals surface area contributed by atoms with E-state index in [1.807, 2.05) is 0 Å². The molecular formula is C17H26Cl2FN3O2. The van der Waals surface area contributed by atoms with Gasteiger partial charge in [-0.2, -0.15) is 0 Å². The molecule has 1 aliphatic heterocycles. The molecule has 2 aliphatic rings. The van der Waals surface area contributed by atoms with E-state index in [-0.39, 0.29) is 49.2 Å². The topological polar surface area (TPSA) is 62.4 Å². The van der Waals surface area contributed by atoms with Crippen LogP contribution in [0.25, 0.3) is 0 Å². The number of ether oxygens (including phenoxy) is 1. The molecule has 1 unspecified atom stereocenters. The first-order chi connectivity index (χ1) is 11.2. The maximum atomic E-state index is 14.1. The zero-order valence-electron chi connectivity index (χ0n) is 14.1. The van der Waals surface area contributed by atoms with Gasteiger partial charge in [0.05, 0.1) is 18.3 Å². The number of anilines is 2. The van der Waals surface area contributed by atoms with Crippen LogP contribution in [-0.4, -0.2) is 38.3 Å². The van der Waals surface area contributed by atoms with Gasteiger partial charge in [-0.1, -0.05) is 0 Å². The van der Waals surface area contributed by atoms with Crippen molar-refractivity contribution in [1.29, 1.82) is 0 Å². The number of hydrogen-bond donors (Lipinski definition) is 3. The van der Waals surface area contributed by atoms with Gasteiger partial charge in [0.25, 0.3) is 0 Å². The molecular weight excluding hydrogens is 368 g/mol. The molecule has 1 aromatic carbocycles. The fourth-order valence-electron chi connectivity index (χ4n) is 2.68. The van der Waals surface area contributed by atoms with Crippen LogP contribution in [0.5, 0.6) is 0 Å². The van der Waals surface area contributed by atoms with E-state index in [1.165, 1.54) is 18.9 Å². The molecule has 8 heteroatoms. The zero-order valence-corrected chi connectivity index (χ0v) is 15.7. The molecule has 1 aliphatic carbocycles. The summed E-state index contributed by atoms with van der Waals surface area (Å²) >= 11 is 0. The van der Waals surface area contributed by atoms with E-state index in [0.29, 0.717) is 17.9 Å². The fourth-order valence-corrected chi connectivity index (χ4v) is 2.68. The van der Waals surface area contributed by atoms with Crippen LogP contribution in [0.15, 0.2) is 18.2 Å². The first-order valence-electron chi connectivity index (χ1n) is 8.36. The second-order valence-corrected chi connectivity index (χ2v) is 6.33. The minimum absolute atomic E-state index is 0. The molecule has 3 rings (SSSR count). The number of carbonyl (C=O) groups excluding carboxylic acids is 1. The van der Waals surface area contributed by atoms with E-state index in [2.05, 4.69) is 16.0 Å². The summed E-state index contributed by atoms with van der Waals surface area (Å²) in [5, 5.41) is 8.88. The Labute approximate surface area is 160 Å². The Bertz CT molecular complexity index is 553. The SMILES string of the molecule is Cl.Cl.O=C(CNCC1CC1)Nc1ccc(NCC2CCCO2)c(F)c1. The van der Waals surface area contributed by atoms with Crippen molar-refractivity contribution >= 4 is 42.1 Å². The van der Waals surface area contributed by atoms with E-state index in [9.17, 15) is 9.18 Å². The fraction of sp³-hybridized carbons (Fsp3) is 0.588. The summed E-state index contributed by atoms with van der Waals surface area (Å²) in [6.07, 6.45) is 4.73. The van der Waals surface area contributed by atoms with Gasteiger partial charge in [0.15, 0.2) is 0 Å². The number of amides is 1. The highest BCUT2D eigenvalue weighted by molar-refractivity contribution is 5.92. The molecule has 3 N–H and O–H groups in total. The Morgan fingerprint density at radius 1 is 1.20 bits per heavy atom. The van der Waals surface area contributed by atoms with Gasteiger partial charge in [0.1, 0.15) is 5.82 Å². The van der Waals surface area contributed by atoms with E-state index in [0.717, 1.165) is 31.9 Å². The van der Waals surface area contributed by atoms with Gasteiger partial charge in [0.2, 0.25) is 5.91 Å². The third-order valence-electron chi connectivity index (χ3n) is 4.21. The van der Waals surface area contributed by atoms with Crippen LogP contribution >= 0.6 is 24.8 Å². The van der Waals surface area contributed by atoms with Gasteiger partial charge in [-0.3, -0.25) is 4.79 Å². The van der Waals surface area contributed by atoms with Gasteiger partial charge < -0.3 is 20.7 Å². The second kappa shape index (κ2) is 10.8. The number of nitrogens with one attached hydrogen (secondary N) is 3. The molecule has 1 amide bonds. The van der Waals surface area contributed by atoms with Crippen molar-refractivity contribution in [3.05, 3.63) is 24.0 Å². The second-order valence-electron chi connectivity index (χ2n) is 6.33. The first kappa shape index (κ1) is 22.0. The van der Waals surface area contributed by atoms with E-state index >= 15 is 0 Å². The summed E-state index contributed by atoms with van der Waals surface area (Å²) in [7, 11) is 0. The number of halogens is 3. The summed E-state index contributed by atoms with van der Waals surface area (Å²) < 4.78 is 19.6. The lowest BCUT2D eigenvalue weighted by molar-refractivity contribution is -0.115. The molecule has 0 bridgehead atoms. The van der Waals surface area contributed by atoms with Crippen LogP contribution in [0.2, 0.25) is 0 Å². The van der Waals surface area contributed by atoms with Crippen LogP contribution in [0, 0.1) is 11.7 Å². The lowest BCUT2D eigenvalue weighted by Crippen LogP contribution is -2.29. The van der Waals surface area contributed by atoms with E-state index in [4.69, 9.17) is 4.74 Å². The van der Waals surface area contributed by atoms with Crippen molar-refractivity contribution < 1.29 is 13.9 Å². The highest BCUT2D eigenvalue weighted by atomic mass is 35.5. The van der Waals surface area contributed by atoms with E-state index in [1.54, 1.807) is 12.1 Å². The smallest absolute Gasteiger partial charge is 0.238 e. The van der Waals surface area contributed by atoms with Gasteiger partial charge >= 0.3 is 0 Å². The standard InChI is InChI=1S/C17H24FN3O2.2ClH/c18-15-8-13(21-17(22)11-19-9-12-3-4-12)5-6-16(15)20-10-14-2-1-7-23-14;;/h5-6,8,12,14,19-20H,1-4,7,9-11H2,(H,21,22);2*1H. The molecule has 5 nitrogen and oxygen atoms in total. The molecule has 2 fully saturated rings. The minimum atomic E-state index is -0.369. The van der Waals surface area contributed by atoms with Crippen LogP contribution in [0.1, 0.15) is 25.7 Å². The predicted octanol–water partition coefficient (Wildman–Crippen LogP) is 3.20. The third-order valence-corrected chi connectivity index (χ3v) is 4.21. The number of hydrogen-bond acceptors (Lipinski definition) is 4. The van der Waals surface area contributed by atoms with Crippen LogP contribution in [0.3, 0.4) is 0 Å². The number of rotatable bonds is 8. The average molecular weight is 394 g/mol. The van der Waals surface area contributed by atoms with Crippen molar-refractivity contribution in [2.75, 3.05) is 36.9 Å². The zero-order chi connectivity index (χ0) is 16.1. The van der Waals surface area contributed by atoms with Crippen molar-refractivity contribution in [3.8, 4) is 0 Å². The number of benzene rings is 1. The van der Waals surface area contributed by atoms with Crippen molar-refractivity contribution in [1.82, 2.24) is 5.32 Å². The predicted molar refractivity (Wildman–Crippen MR) is 103 cm³/mol. The van der Waals surface area contributed by atoms with Crippen molar-refractivity contribution in [2.24, 2.45) is 5.92 Å². The Morgan fingerprint density at radius 3 is 2.64 bits per heavy atom. The maximum absolute atomic E-state index is 14.1. The summed E-state index contributed by atoms with van der Waals surface area (Å²) in [6, 6.07) is 4.70. The molecule has 142 valence electrons. The highest BCUT2D eigenvalue weighted by Crippen LogP contribution is 2.27. The van der Waals surface area contributed by atoms with Crippen LogP contribution in [0.4, 0.5) is 15.8 Å². The maximum Gasteiger partial charge on any atom is 0.238 e. The van der Waals surface area contributed by atoms with Crippen LogP contribution < -0.4 is 16.0 Å². The van der Waals surface area contributed by atoms with Gasteiger partial charge in [-0.25, -0.2) is 4.39 Å². The van der Waals surface area contributed by atoms with Crippen molar-refractivity contribution in [3.63, 3.8) is 0 Å². The first-order valence-corrected chi connectivity index (χ1v) is 8.36. The summed E-state index contributed by atoms with van der Waals surface area (Å²) in [6.45, 7) is 2.54. The lowest BCUT2D eigenvalue weighted by atomic mass is 10.2. The minimum Gasteiger partial charge on any atom is -0.380 e. The normalized spacial score (nSPS) is 18.8. The average Bonchev–Trinajstić information content (AvgIpc) is 3.20. The Kier molecular flexibility index (Phi) is 9.50. The Balaban J connectivity index is 0.00000156. The quantitative estimate of drug-likeness (QED) is 0.634. The molecule has 1 atom stereocenters.